The summed E-state index contributed by atoms with van der Waals surface area (Å²) in [6.45, 7) is -0.538. The van der Waals surface area contributed by atoms with Gasteiger partial charge in [0.1, 0.15) is 23.9 Å². The Balaban J connectivity index is 2.89. The third kappa shape index (κ3) is 1.90. The van der Waals surface area contributed by atoms with Crippen molar-refractivity contribution in [2.45, 2.75) is 30.2 Å². The SMILES string of the molecule is OC[C@H]1OC(O)[C@H](O)[C@](O)(CI)[C@@H]1O. The summed E-state index contributed by atoms with van der Waals surface area (Å²) >= 11 is 1.77. The van der Waals surface area contributed by atoms with Crippen LogP contribution < -0.4 is 0 Å². The van der Waals surface area contributed by atoms with E-state index in [1.807, 2.05) is 0 Å². The molecule has 0 bridgehead atoms. The predicted octanol–water partition coefficient (Wildman–Crippen LogP) is -2.42. The number of halogens is 1. The van der Waals surface area contributed by atoms with Gasteiger partial charge in [0.05, 0.1) is 6.61 Å². The Bertz CT molecular complexity index is 203. The lowest BCUT2D eigenvalue weighted by atomic mass is 9.86. The molecule has 0 saturated carbocycles. The van der Waals surface area contributed by atoms with Crippen molar-refractivity contribution in [3.8, 4) is 0 Å². The zero-order valence-electron chi connectivity index (χ0n) is 7.25. The van der Waals surface area contributed by atoms with Crippen LogP contribution in [0.4, 0.5) is 0 Å². The van der Waals surface area contributed by atoms with E-state index in [9.17, 15) is 20.4 Å². The molecule has 1 saturated heterocycles. The first-order valence-electron chi connectivity index (χ1n) is 4.06. The van der Waals surface area contributed by atoms with Gasteiger partial charge in [-0.15, -0.1) is 0 Å². The van der Waals surface area contributed by atoms with E-state index in [1.165, 1.54) is 0 Å². The van der Waals surface area contributed by atoms with E-state index < -0.39 is 36.8 Å². The Morgan fingerprint density at radius 3 is 2.21 bits per heavy atom. The van der Waals surface area contributed by atoms with Crippen molar-refractivity contribution in [3.63, 3.8) is 0 Å². The molecule has 1 heterocycles. The van der Waals surface area contributed by atoms with E-state index in [0.717, 1.165) is 0 Å². The van der Waals surface area contributed by atoms with Crippen LogP contribution in [-0.4, -0.2) is 66.8 Å². The topological polar surface area (TPSA) is 110 Å². The first-order chi connectivity index (χ1) is 6.47. The molecule has 1 unspecified atom stereocenters. The van der Waals surface area contributed by atoms with Crippen molar-refractivity contribution >= 4 is 22.6 Å². The van der Waals surface area contributed by atoms with Crippen molar-refractivity contribution < 1.29 is 30.3 Å². The highest BCUT2D eigenvalue weighted by molar-refractivity contribution is 14.1. The van der Waals surface area contributed by atoms with Gasteiger partial charge in [-0.3, -0.25) is 0 Å². The summed E-state index contributed by atoms with van der Waals surface area (Å²) in [6, 6.07) is 0. The van der Waals surface area contributed by atoms with Gasteiger partial charge in [0, 0.05) is 4.43 Å². The maximum absolute atomic E-state index is 9.83. The van der Waals surface area contributed by atoms with Crippen molar-refractivity contribution in [3.05, 3.63) is 0 Å². The Hall–Kier alpha value is 0.490. The van der Waals surface area contributed by atoms with Crippen LogP contribution in [-0.2, 0) is 4.74 Å². The fourth-order valence-corrected chi connectivity index (χ4v) is 2.28. The molecular weight excluding hydrogens is 307 g/mol. The highest BCUT2D eigenvalue weighted by atomic mass is 127. The molecule has 0 aromatic rings. The molecule has 5 atom stereocenters. The normalized spacial score (nSPS) is 49.3. The van der Waals surface area contributed by atoms with Crippen LogP contribution >= 0.6 is 22.6 Å². The summed E-state index contributed by atoms with van der Waals surface area (Å²) in [7, 11) is 0. The summed E-state index contributed by atoms with van der Waals surface area (Å²) in [6.07, 6.45) is -5.71. The molecule has 1 fully saturated rings. The maximum atomic E-state index is 9.83. The Kier molecular flexibility index (Phi) is 4.09. The second-order valence-corrected chi connectivity index (χ2v) is 4.02. The van der Waals surface area contributed by atoms with E-state index in [2.05, 4.69) is 0 Å². The van der Waals surface area contributed by atoms with Gasteiger partial charge in [-0.2, -0.15) is 0 Å². The number of ether oxygens (including phenoxy) is 1. The largest absolute Gasteiger partial charge is 0.394 e. The van der Waals surface area contributed by atoms with Gasteiger partial charge in [0.2, 0.25) is 0 Å². The number of alkyl halides is 1. The van der Waals surface area contributed by atoms with Crippen molar-refractivity contribution in [2.75, 3.05) is 11.0 Å². The van der Waals surface area contributed by atoms with E-state index in [4.69, 9.17) is 9.84 Å². The quantitative estimate of drug-likeness (QED) is 0.286. The third-order valence-corrected chi connectivity index (χ3v) is 3.58. The Morgan fingerprint density at radius 1 is 1.21 bits per heavy atom. The average Bonchev–Trinajstić information content (AvgIpc) is 2.20. The average molecular weight is 320 g/mol. The first-order valence-corrected chi connectivity index (χ1v) is 5.58. The number of aliphatic hydroxyl groups excluding tert-OH is 4. The monoisotopic (exact) mass is 320 g/mol. The molecule has 1 aliphatic heterocycles. The molecule has 14 heavy (non-hydrogen) atoms. The predicted molar refractivity (Wildman–Crippen MR) is 53.8 cm³/mol. The van der Waals surface area contributed by atoms with Gasteiger partial charge in [0.25, 0.3) is 0 Å². The second kappa shape index (κ2) is 4.56. The summed E-state index contributed by atoms with van der Waals surface area (Å²) in [5.74, 6) is 0. The highest BCUT2D eigenvalue weighted by Gasteiger charge is 2.53. The molecule has 5 N–H and O–H groups in total. The lowest BCUT2D eigenvalue weighted by Gasteiger charge is -2.45. The molecule has 0 aromatic heterocycles. The van der Waals surface area contributed by atoms with E-state index in [1.54, 1.807) is 22.6 Å². The van der Waals surface area contributed by atoms with Crippen LogP contribution in [0.25, 0.3) is 0 Å². The van der Waals surface area contributed by atoms with Gasteiger partial charge in [-0.25, -0.2) is 0 Å². The lowest BCUT2D eigenvalue weighted by molar-refractivity contribution is -0.314. The summed E-state index contributed by atoms with van der Waals surface area (Å²) in [4.78, 5) is 0. The Morgan fingerprint density at radius 2 is 1.79 bits per heavy atom. The number of rotatable bonds is 2. The summed E-state index contributed by atoms with van der Waals surface area (Å²) in [5.41, 5.74) is -1.86. The number of hydrogen-bond donors (Lipinski definition) is 5. The van der Waals surface area contributed by atoms with Gasteiger partial charge in [-0.05, 0) is 0 Å². The van der Waals surface area contributed by atoms with Gasteiger partial charge < -0.3 is 30.3 Å². The standard InChI is InChI=1S/C7H13IO6/c8-2-7(13)4(10)3(1-9)14-6(12)5(7)11/h3-6,9-13H,1-2H2/t3-,4-,5+,6?,7+/m1/s1. The zero-order valence-corrected chi connectivity index (χ0v) is 9.40. The molecule has 7 heteroatoms. The number of hydrogen-bond acceptors (Lipinski definition) is 6. The number of aliphatic hydroxyl groups is 5. The molecule has 84 valence electrons. The van der Waals surface area contributed by atoms with Crippen LogP contribution in [0.5, 0.6) is 0 Å². The fourth-order valence-electron chi connectivity index (χ4n) is 1.37. The highest BCUT2D eigenvalue weighted by Crippen LogP contribution is 2.30. The molecule has 6 nitrogen and oxygen atoms in total. The minimum atomic E-state index is -1.86. The van der Waals surface area contributed by atoms with Crippen molar-refractivity contribution in [1.82, 2.24) is 0 Å². The van der Waals surface area contributed by atoms with Crippen molar-refractivity contribution in [1.29, 1.82) is 0 Å². The van der Waals surface area contributed by atoms with Crippen LogP contribution in [0.1, 0.15) is 0 Å². The molecule has 1 aliphatic rings. The lowest BCUT2D eigenvalue weighted by Crippen LogP contribution is -2.67. The molecule has 0 aromatic carbocycles. The first kappa shape index (κ1) is 12.6. The molecule has 0 spiro atoms. The van der Waals surface area contributed by atoms with Gasteiger partial charge in [-0.1, -0.05) is 22.6 Å². The zero-order chi connectivity index (χ0) is 10.9. The van der Waals surface area contributed by atoms with Crippen molar-refractivity contribution in [2.24, 2.45) is 0 Å². The smallest absolute Gasteiger partial charge is 0.184 e. The molecule has 1 rings (SSSR count). The van der Waals surface area contributed by atoms with Crippen LogP contribution in [0.3, 0.4) is 0 Å². The molecular formula is C7H13IO6. The van der Waals surface area contributed by atoms with Crippen LogP contribution in [0.2, 0.25) is 0 Å². The second-order valence-electron chi connectivity index (χ2n) is 3.26. The van der Waals surface area contributed by atoms with E-state index in [0.29, 0.717) is 0 Å². The molecule has 0 aliphatic carbocycles. The third-order valence-electron chi connectivity index (χ3n) is 2.35. The summed E-state index contributed by atoms with van der Waals surface area (Å²) in [5, 5.41) is 46.8. The van der Waals surface area contributed by atoms with E-state index in [-0.39, 0.29) is 4.43 Å². The van der Waals surface area contributed by atoms with Crippen LogP contribution in [0, 0.1) is 0 Å². The molecule has 0 radical (unpaired) electrons. The minimum Gasteiger partial charge on any atom is -0.394 e. The van der Waals surface area contributed by atoms with E-state index >= 15 is 0 Å². The minimum absolute atomic E-state index is 0.0179. The van der Waals surface area contributed by atoms with Gasteiger partial charge in [0.15, 0.2) is 6.29 Å². The van der Waals surface area contributed by atoms with Gasteiger partial charge >= 0.3 is 0 Å². The molecule has 0 amide bonds. The van der Waals surface area contributed by atoms with Crippen LogP contribution in [0.15, 0.2) is 0 Å². The fraction of sp³-hybridized carbons (Fsp3) is 1.00. The maximum Gasteiger partial charge on any atom is 0.184 e. The Labute approximate surface area is 94.3 Å². The summed E-state index contributed by atoms with van der Waals surface area (Å²) < 4.78 is 4.72.